The molecule has 0 spiro atoms. The highest BCUT2D eigenvalue weighted by molar-refractivity contribution is 6.65. The summed E-state index contributed by atoms with van der Waals surface area (Å²) in [5.74, 6) is 0. The standard InChI is InChI=1S/C5H7Cl2Si/c1-2-3-4-5(6,7)8/h2H,1,3-4H2. The number of hydrogen-bond donors (Lipinski definition) is 0. The highest BCUT2D eigenvalue weighted by Gasteiger charge is 2.13. The van der Waals surface area contributed by atoms with E-state index in [1.165, 1.54) is 0 Å². The molecule has 0 N–H and O–H groups in total. The van der Waals surface area contributed by atoms with Crippen molar-refractivity contribution in [2.75, 3.05) is 0 Å². The van der Waals surface area contributed by atoms with Crippen LogP contribution in [0.1, 0.15) is 12.8 Å². The second kappa shape index (κ2) is 3.54. The first-order chi connectivity index (χ1) is 3.56. The van der Waals surface area contributed by atoms with E-state index in [1.54, 1.807) is 6.08 Å². The maximum atomic E-state index is 5.54. The summed E-state index contributed by atoms with van der Waals surface area (Å²) >= 11 is 11.1. The van der Waals surface area contributed by atoms with Gasteiger partial charge in [0.25, 0.3) is 0 Å². The first kappa shape index (κ1) is 8.54. The molecule has 0 aromatic carbocycles. The van der Waals surface area contributed by atoms with E-state index in [4.69, 9.17) is 23.2 Å². The Morgan fingerprint density at radius 2 is 2.12 bits per heavy atom. The molecule has 0 saturated carbocycles. The average molecular weight is 166 g/mol. The van der Waals surface area contributed by atoms with E-state index in [9.17, 15) is 0 Å². The van der Waals surface area contributed by atoms with Gasteiger partial charge in [0, 0.05) is 0 Å². The maximum absolute atomic E-state index is 5.54. The molecule has 0 aliphatic carbocycles. The molecule has 0 rings (SSSR count). The van der Waals surface area contributed by atoms with E-state index in [0.717, 1.165) is 6.42 Å². The van der Waals surface area contributed by atoms with Gasteiger partial charge in [-0.2, -0.15) is 0 Å². The lowest BCUT2D eigenvalue weighted by Crippen LogP contribution is -2.10. The molecule has 0 aromatic rings. The van der Waals surface area contributed by atoms with Crippen LogP contribution in [0.25, 0.3) is 0 Å². The van der Waals surface area contributed by atoms with Gasteiger partial charge >= 0.3 is 0 Å². The molecule has 0 saturated heterocycles. The average Bonchev–Trinajstić information content (AvgIpc) is 1.59. The van der Waals surface area contributed by atoms with Gasteiger partial charge in [-0.1, -0.05) is 6.08 Å². The Kier molecular flexibility index (Phi) is 3.78. The Hall–Kier alpha value is 0.537. The van der Waals surface area contributed by atoms with Gasteiger partial charge in [0.15, 0.2) is 0 Å². The minimum atomic E-state index is -0.770. The van der Waals surface area contributed by atoms with Crippen LogP contribution in [0, 0.1) is 0 Å². The van der Waals surface area contributed by atoms with Crippen molar-refractivity contribution in [2.45, 2.75) is 16.8 Å². The smallest absolute Gasteiger partial charge is 0.100 e. The van der Waals surface area contributed by atoms with E-state index >= 15 is 0 Å². The zero-order valence-electron chi connectivity index (χ0n) is 4.45. The number of rotatable bonds is 3. The van der Waals surface area contributed by atoms with Crippen LogP contribution >= 0.6 is 23.2 Å². The minimum absolute atomic E-state index is 0.691. The zero-order valence-corrected chi connectivity index (χ0v) is 6.97. The fourth-order valence-corrected chi connectivity index (χ4v) is 0.646. The van der Waals surface area contributed by atoms with Crippen molar-refractivity contribution in [3.63, 3.8) is 0 Å². The van der Waals surface area contributed by atoms with Crippen LogP contribution in [0.4, 0.5) is 0 Å². The van der Waals surface area contributed by atoms with Gasteiger partial charge in [-0.3, -0.25) is 0 Å². The van der Waals surface area contributed by atoms with Gasteiger partial charge in [-0.05, 0) is 12.8 Å². The monoisotopic (exact) mass is 165 g/mol. The Morgan fingerprint density at radius 1 is 1.62 bits per heavy atom. The Bertz CT molecular complexity index is 75.0. The number of allylic oxidation sites excluding steroid dienone is 1. The third-order valence-electron chi connectivity index (χ3n) is 0.662. The third-order valence-corrected chi connectivity index (χ3v) is 1.29. The summed E-state index contributed by atoms with van der Waals surface area (Å²) in [6, 6.07) is 0. The lowest BCUT2D eigenvalue weighted by molar-refractivity contribution is 0.879. The molecule has 0 aliphatic heterocycles. The lowest BCUT2D eigenvalue weighted by Gasteiger charge is -2.09. The van der Waals surface area contributed by atoms with E-state index in [1.807, 2.05) is 0 Å². The summed E-state index contributed by atoms with van der Waals surface area (Å²) in [6.45, 7) is 3.52. The van der Waals surface area contributed by atoms with E-state index < -0.39 is 3.96 Å². The SMILES string of the molecule is C=CCCC([Si])(Cl)Cl. The van der Waals surface area contributed by atoms with Crippen molar-refractivity contribution in [2.24, 2.45) is 0 Å². The van der Waals surface area contributed by atoms with Gasteiger partial charge in [-0.25, -0.2) is 0 Å². The Balaban J connectivity index is 3.24. The predicted molar refractivity (Wildman–Crippen MR) is 39.6 cm³/mol. The quantitative estimate of drug-likeness (QED) is 0.342. The minimum Gasteiger partial charge on any atom is -0.107 e. The predicted octanol–water partition coefficient (Wildman–Crippen LogP) is 2.25. The van der Waals surface area contributed by atoms with Crippen LogP contribution in [0.3, 0.4) is 0 Å². The van der Waals surface area contributed by atoms with Crippen molar-refractivity contribution in [3.8, 4) is 0 Å². The Labute approximate surface area is 63.3 Å². The zero-order chi connectivity index (χ0) is 6.62. The molecule has 0 fully saturated rings. The summed E-state index contributed by atoms with van der Waals surface area (Å²) in [5, 5.41) is 0. The largest absolute Gasteiger partial charge is 0.107 e. The van der Waals surface area contributed by atoms with Crippen LogP contribution in [-0.2, 0) is 0 Å². The summed E-state index contributed by atoms with van der Waals surface area (Å²) in [7, 11) is 3.11. The summed E-state index contributed by atoms with van der Waals surface area (Å²) < 4.78 is -0.770. The van der Waals surface area contributed by atoms with Crippen molar-refractivity contribution < 1.29 is 0 Å². The first-order valence-corrected chi connectivity index (χ1v) is 3.55. The van der Waals surface area contributed by atoms with E-state index in [2.05, 4.69) is 16.8 Å². The highest BCUT2D eigenvalue weighted by Crippen LogP contribution is 2.21. The van der Waals surface area contributed by atoms with Crippen LogP contribution in [-0.4, -0.2) is 14.2 Å². The molecule has 8 heavy (non-hydrogen) atoms. The van der Waals surface area contributed by atoms with E-state index in [-0.39, 0.29) is 0 Å². The molecule has 3 heteroatoms. The number of alkyl halides is 2. The third kappa shape index (κ3) is 6.54. The normalized spacial score (nSPS) is 11.4. The molecule has 0 aromatic heterocycles. The molecular formula is C5H7Cl2Si. The van der Waals surface area contributed by atoms with Crippen molar-refractivity contribution in [1.82, 2.24) is 0 Å². The topological polar surface area (TPSA) is 0 Å². The lowest BCUT2D eigenvalue weighted by atomic mass is 10.3. The molecular weight excluding hydrogens is 159 g/mol. The molecule has 0 bridgehead atoms. The van der Waals surface area contributed by atoms with Gasteiger partial charge in [0.2, 0.25) is 0 Å². The van der Waals surface area contributed by atoms with Crippen LogP contribution in [0.2, 0.25) is 0 Å². The van der Waals surface area contributed by atoms with Crippen molar-refractivity contribution in [1.29, 1.82) is 0 Å². The summed E-state index contributed by atoms with van der Waals surface area (Å²) in [5.41, 5.74) is 0. The highest BCUT2D eigenvalue weighted by atomic mass is 35.5. The molecule has 0 nitrogen and oxygen atoms in total. The van der Waals surface area contributed by atoms with Gasteiger partial charge < -0.3 is 0 Å². The molecule has 0 unspecified atom stereocenters. The Morgan fingerprint density at radius 3 is 2.25 bits per heavy atom. The van der Waals surface area contributed by atoms with Crippen LogP contribution in [0.5, 0.6) is 0 Å². The van der Waals surface area contributed by atoms with Crippen molar-refractivity contribution >= 4 is 33.4 Å². The summed E-state index contributed by atoms with van der Waals surface area (Å²) in [6.07, 6.45) is 3.30. The van der Waals surface area contributed by atoms with Crippen LogP contribution < -0.4 is 0 Å². The maximum Gasteiger partial charge on any atom is 0.100 e. The van der Waals surface area contributed by atoms with Gasteiger partial charge in [0.05, 0.1) is 10.2 Å². The molecule has 0 amide bonds. The second-order valence-electron chi connectivity index (χ2n) is 1.53. The van der Waals surface area contributed by atoms with E-state index in [0.29, 0.717) is 6.42 Å². The number of hydrogen-bond acceptors (Lipinski definition) is 0. The molecule has 3 radical (unpaired) electrons. The summed E-state index contributed by atoms with van der Waals surface area (Å²) in [4.78, 5) is 0. The second-order valence-corrected chi connectivity index (χ2v) is 4.50. The number of halogens is 2. The first-order valence-electron chi connectivity index (χ1n) is 2.30. The van der Waals surface area contributed by atoms with Crippen molar-refractivity contribution in [3.05, 3.63) is 12.7 Å². The van der Waals surface area contributed by atoms with Crippen LogP contribution in [0.15, 0.2) is 12.7 Å². The fraction of sp³-hybridized carbons (Fsp3) is 0.600. The molecule has 0 heterocycles. The molecule has 45 valence electrons. The molecule has 0 aliphatic rings. The fourth-order valence-electron chi connectivity index (χ4n) is 0.283. The molecule has 0 atom stereocenters. The van der Waals surface area contributed by atoms with Gasteiger partial charge in [-0.15, -0.1) is 29.8 Å². The van der Waals surface area contributed by atoms with Gasteiger partial charge in [0.1, 0.15) is 3.96 Å².